The average molecular weight is 140 g/mol. The molecular formula is C6H8N2S. The number of nitriles is 1. The maximum atomic E-state index is 8.39. The highest BCUT2D eigenvalue weighted by Gasteiger charge is 1.98. The lowest BCUT2D eigenvalue weighted by atomic mass is 10.2. The van der Waals surface area contributed by atoms with Crippen molar-refractivity contribution in [2.75, 3.05) is 0 Å². The Morgan fingerprint density at radius 3 is 2.00 bits per heavy atom. The SMILES string of the molecule is CC(C)=C(C#N)C(N)=S. The van der Waals surface area contributed by atoms with Gasteiger partial charge in [-0.15, -0.1) is 0 Å². The summed E-state index contributed by atoms with van der Waals surface area (Å²) in [7, 11) is 0. The molecule has 0 atom stereocenters. The lowest BCUT2D eigenvalue weighted by molar-refractivity contribution is 1.35. The Bertz CT molecular complexity index is 194. The molecule has 0 saturated heterocycles. The number of allylic oxidation sites excluding steroid dienone is 1. The lowest BCUT2D eigenvalue weighted by Gasteiger charge is -1.94. The van der Waals surface area contributed by atoms with Gasteiger partial charge in [-0.05, 0) is 13.8 Å². The fourth-order valence-electron chi connectivity index (χ4n) is 0.413. The minimum atomic E-state index is 0.178. The smallest absolute Gasteiger partial charge is 0.114 e. The summed E-state index contributed by atoms with van der Waals surface area (Å²) in [6.45, 7) is 3.61. The third-order valence-corrected chi connectivity index (χ3v) is 1.06. The Kier molecular flexibility index (Phi) is 2.89. The zero-order valence-electron chi connectivity index (χ0n) is 5.43. The monoisotopic (exact) mass is 140 g/mol. The third kappa shape index (κ3) is 2.24. The molecule has 0 saturated carbocycles. The van der Waals surface area contributed by atoms with Crippen LogP contribution in [0.25, 0.3) is 0 Å². The van der Waals surface area contributed by atoms with Gasteiger partial charge in [0.1, 0.15) is 11.1 Å². The molecule has 0 aliphatic heterocycles. The van der Waals surface area contributed by atoms with Gasteiger partial charge in [-0.25, -0.2) is 0 Å². The van der Waals surface area contributed by atoms with Gasteiger partial charge in [0.05, 0.1) is 5.57 Å². The van der Waals surface area contributed by atoms with Crippen LogP contribution in [-0.4, -0.2) is 4.99 Å². The van der Waals surface area contributed by atoms with Gasteiger partial charge >= 0.3 is 0 Å². The third-order valence-electron chi connectivity index (χ3n) is 0.858. The molecule has 2 N–H and O–H groups in total. The number of rotatable bonds is 1. The van der Waals surface area contributed by atoms with E-state index in [1.165, 1.54) is 0 Å². The Hall–Kier alpha value is -0.880. The zero-order valence-corrected chi connectivity index (χ0v) is 6.25. The molecule has 0 aromatic carbocycles. The van der Waals surface area contributed by atoms with Crippen LogP contribution in [0.3, 0.4) is 0 Å². The molecule has 0 bridgehead atoms. The van der Waals surface area contributed by atoms with Crippen molar-refractivity contribution >= 4 is 17.2 Å². The van der Waals surface area contributed by atoms with Crippen LogP contribution in [0.4, 0.5) is 0 Å². The second-order valence-corrected chi connectivity index (χ2v) is 2.29. The second kappa shape index (κ2) is 3.21. The Balaban J connectivity index is 4.62. The molecule has 3 heteroatoms. The molecule has 0 fully saturated rings. The van der Waals surface area contributed by atoms with Crippen molar-refractivity contribution in [1.82, 2.24) is 0 Å². The summed E-state index contributed by atoms with van der Waals surface area (Å²) in [5.74, 6) is 0. The fraction of sp³-hybridized carbons (Fsp3) is 0.333. The molecule has 9 heavy (non-hydrogen) atoms. The molecule has 0 radical (unpaired) electrons. The first-order valence-electron chi connectivity index (χ1n) is 2.47. The predicted octanol–water partition coefficient (Wildman–Crippen LogP) is 1.13. The summed E-state index contributed by atoms with van der Waals surface area (Å²) in [5.41, 5.74) is 6.49. The van der Waals surface area contributed by atoms with Crippen molar-refractivity contribution in [2.45, 2.75) is 13.8 Å². The summed E-state index contributed by atoms with van der Waals surface area (Å²) in [6, 6.07) is 1.91. The molecule has 0 unspecified atom stereocenters. The Morgan fingerprint density at radius 2 is 2.00 bits per heavy atom. The summed E-state index contributed by atoms with van der Waals surface area (Å²) >= 11 is 4.59. The molecule has 0 aromatic heterocycles. The van der Waals surface area contributed by atoms with Crippen molar-refractivity contribution < 1.29 is 0 Å². The van der Waals surface area contributed by atoms with Crippen LogP contribution in [0.2, 0.25) is 0 Å². The highest BCUT2D eigenvalue weighted by Crippen LogP contribution is 2.00. The largest absolute Gasteiger partial charge is 0.389 e. The molecule has 0 aliphatic carbocycles. The Labute approximate surface area is 60.0 Å². The van der Waals surface area contributed by atoms with Gasteiger partial charge in [0, 0.05) is 0 Å². The first kappa shape index (κ1) is 8.12. The van der Waals surface area contributed by atoms with E-state index in [1.54, 1.807) is 13.8 Å². The van der Waals surface area contributed by atoms with Gasteiger partial charge in [0.15, 0.2) is 0 Å². The normalized spacial score (nSPS) is 7.67. The molecule has 0 spiro atoms. The van der Waals surface area contributed by atoms with Gasteiger partial charge in [-0.3, -0.25) is 0 Å². The van der Waals surface area contributed by atoms with E-state index in [4.69, 9.17) is 11.0 Å². The van der Waals surface area contributed by atoms with Gasteiger partial charge in [0.2, 0.25) is 0 Å². The van der Waals surface area contributed by atoms with Crippen molar-refractivity contribution in [2.24, 2.45) is 5.73 Å². The van der Waals surface area contributed by atoms with Crippen molar-refractivity contribution in [1.29, 1.82) is 5.26 Å². The van der Waals surface area contributed by atoms with Crippen molar-refractivity contribution in [3.8, 4) is 6.07 Å². The highest BCUT2D eigenvalue weighted by molar-refractivity contribution is 7.80. The zero-order chi connectivity index (χ0) is 7.44. The van der Waals surface area contributed by atoms with Gasteiger partial charge in [0.25, 0.3) is 0 Å². The minimum Gasteiger partial charge on any atom is -0.389 e. The minimum absolute atomic E-state index is 0.178. The quantitative estimate of drug-likeness (QED) is 0.337. The van der Waals surface area contributed by atoms with E-state index < -0.39 is 0 Å². The number of nitrogens with two attached hydrogens (primary N) is 1. The van der Waals surface area contributed by atoms with Crippen LogP contribution in [0.5, 0.6) is 0 Å². The molecule has 48 valence electrons. The second-order valence-electron chi connectivity index (χ2n) is 1.85. The maximum Gasteiger partial charge on any atom is 0.114 e. The first-order chi connectivity index (χ1) is 4.09. The summed E-state index contributed by atoms with van der Waals surface area (Å²) in [5, 5.41) is 8.39. The first-order valence-corrected chi connectivity index (χ1v) is 2.87. The molecule has 2 nitrogen and oxygen atoms in total. The maximum absolute atomic E-state index is 8.39. The van der Waals surface area contributed by atoms with Gasteiger partial charge in [-0.1, -0.05) is 17.8 Å². The average Bonchev–Trinajstić information content (AvgIpc) is 1.64. The van der Waals surface area contributed by atoms with Crippen molar-refractivity contribution in [3.63, 3.8) is 0 Å². The van der Waals surface area contributed by atoms with E-state index in [1.807, 2.05) is 6.07 Å². The number of hydrogen-bond donors (Lipinski definition) is 1. The van der Waals surface area contributed by atoms with E-state index in [2.05, 4.69) is 12.2 Å². The number of nitrogens with zero attached hydrogens (tertiary/aromatic N) is 1. The number of thiocarbonyl (C=S) groups is 1. The highest BCUT2D eigenvalue weighted by atomic mass is 32.1. The standard InChI is InChI=1S/C6H8N2S/c1-4(2)5(3-7)6(8)9/h1-2H3,(H2,8,9). The molecule has 0 heterocycles. The summed E-state index contributed by atoms with van der Waals surface area (Å²) < 4.78 is 0. The fourth-order valence-corrected chi connectivity index (χ4v) is 0.663. The predicted molar refractivity (Wildman–Crippen MR) is 40.8 cm³/mol. The van der Waals surface area contributed by atoms with E-state index in [0.29, 0.717) is 5.57 Å². The van der Waals surface area contributed by atoms with E-state index >= 15 is 0 Å². The van der Waals surface area contributed by atoms with Crippen LogP contribution in [-0.2, 0) is 0 Å². The molecule has 0 rings (SSSR count). The Morgan fingerprint density at radius 1 is 1.56 bits per heavy atom. The van der Waals surface area contributed by atoms with Crippen LogP contribution in [0.15, 0.2) is 11.1 Å². The van der Waals surface area contributed by atoms with Crippen LogP contribution in [0, 0.1) is 11.3 Å². The van der Waals surface area contributed by atoms with Crippen LogP contribution < -0.4 is 5.73 Å². The molecule has 0 aliphatic rings. The molecular weight excluding hydrogens is 132 g/mol. The van der Waals surface area contributed by atoms with E-state index in [9.17, 15) is 0 Å². The number of hydrogen-bond acceptors (Lipinski definition) is 2. The van der Waals surface area contributed by atoms with Crippen molar-refractivity contribution in [3.05, 3.63) is 11.1 Å². The summed E-state index contributed by atoms with van der Waals surface area (Å²) in [6.07, 6.45) is 0. The topological polar surface area (TPSA) is 49.8 Å². The van der Waals surface area contributed by atoms with Crippen LogP contribution >= 0.6 is 12.2 Å². The van der Waals surface area contributed by atoms with Crippen LogP contribution in [0.1, 0.15) is 13.8 Å². The van der Waals surface area contributed by atoms with E-state index in [0.717, 1.165) is 5.57 Å². The summed E-state index contributed by atoms with van der Waals surface area (Å²) in [4.78, 5) is 0.178. The lowest BCUT2D eigenvalue weighted by Crippen LogP contribution is -2.10. The van der Waals surface area contributed by atoms with E-state index in [-0.39, 0.29) is 4.99 Å². The van der Waals surface area contributed by atoms with Gasteiger partial charge < -0.3 is 5.73 Å². The molecule has 0 amide bonds. The van der Waals surface area contributed by atoms with Gasteiger partial charge in [-0.2, -0.15) is 5.26 Å². The molecule has 0 aromatic rings.